The summed E-state index contributed by atoms with van der Waals surface area (Å²) in [5.74, 6) is 0.735. The third-order valence-electron chi connectivity index (χ3n) is 4.96. The predicted molar refractivity (Wildman–Crippen MR) is 98.6 cm³/mol. The van der Waals surface area contributed by atoms with Crippen molar-refractivity contribution in [3.05, 3.63) is 16.3 Å². The summed E-state index contributed by atoms with van der Waals surface area (Å²) in [6.45, 7) is 11.2. The molecular formula is C17H29N5O4. The van der Waals surface area contributed by atoms with Crippen LogP contribution in [-0.4, -0.2) is 45.0 Å². The minimum atomic E-state index is -1.01. The van der Waals surface area contributed by atoms with Crippen LogP contribution in [0, 0.1) is 21.4 Å². The van der Waals surface area contributed by atoms with Crippen molar-refractivity contribution < 1.29 is 14.8 Å². The van der Waals surface area contributed by atoms with Crippen molar-refractivity contribution in [2.45, 2.75) is 59.5 Å². The highest BCUT2D eigenvalue weighted by Crippen LogP contribution is 2.36. The van der Waals surface area contributed by atoms with Gasteiger partial charge in [0.25, 0.3) is 0 Å². The van der Waals surface area contributed by atoms with Gasteiger partial charge in [0.05, 0.1) is 4.92 Å². The van der Waals surface area contributed by atoms with E-state index >= 15 is 0 Å². The van der Waals surface area contributed by atoms with Crippen molar-refractivity contribution in [1.29, 1.82) is 0 Å². The fourth-order valence-electron chi connectivity index (χ4n) is 3.78. The SMILES string of the molecule is CC(C)n1ncc([N+](=O)[O-])c1N1CCC(C(NC(=O)O)C(C)(C)C)CC1. The van der Waals surface area contributed by atoms with Gasteiger partial charge in [0.2, 0.25) is 5.82 Å². The van der Waals surface area contributed by atoms with Gasteiger partial charge in [0.1, 0.15) is 6.20 Å². The van der Waals surface area contributed by atoms with Crippen molar-refractivity contribution in [3.63, 3.8) is 0 Å². The molecule has 1 aromatic heterocycles. The molecule has 9 heteroatoms. The van der Waals surface area contributed by atoms with Crippen molar-refractivity contribution in [3.8, 4) is 0 Å². The van der Waals surface area contributed by atoms with Crippen LogP contribution in [-0.2, 0) is 0 Å². The molecule has 1 aliphatic heterocycles. The van der Waals surface area contributed by atoms with Gasteiger partial charge < -0.3 is 15.3 Å². The molecule has 1 fully saturated rings. The van der Waals surface area contributed by atoms with E-state index in [0.717, 1.165) is 12.8 Å². The lowest BCUT2D eigenvalue weighted by molar-refractivity contribution is -0.384. The molecule has 0 aromatic carbocycles. The molecule has 0 saturated carbocycles. The Morgan fingerprint density at radius 2 is 1.96 bits per heavy atom. The molecule has 2 heterocycles. The Bertz CT molecular complexity index is 657. The minimum absolute atomic E-state index is 0.0208. The number of carbonyl (C=O) groups is 1. The van der Waals surface area contributed by atoms with Crippen molar-refractivity contribution in [1.82, 2.24) is 15.1 Å². The molecular weight excluding hydrogens is 338 g/mol. The van der Waals surface area contributed by atoms with Crippen molar-refractivity contribution >= 4 is 17.6 Å². The van der Waals surface area contributed by atoms with E-state index in [1.807, 2.05) is 39.5 Å². The van der Waals surface area contributed by atoms with E-state index in [0.29, 0.717) is 18.9 Å². The van der Waals surface area contributed by atoms with E-state index < -0.39 is 11.0 Å². The summed E-state index contributed by atoms with van der Waals surface area (Å²) in [4.78, 5) is 24.2. The average molecular weight is 367 g/mol. The summed E-state index contributed by atoms with van der Waals surface area (Å²) in [7, 11) is 0. The Kier molecular flexibility index (Phi) is 5.77. The maximum atomic E-state index is 11.4. The van der Waals surface area contributed by atoms with Crippen LogP contribution in [0.2, 0.25) is 0 Å². The van der Waals surface area contributed by atoms with E-state index in [4.69, 9.17) is 5.11 Å². The van der Waals surface area contributed by atoms with Crippen LogP contribution < -0.4 is 10.2 Å². The number of nitrogens with one attached hydrogen (secondary N) is 1. The average Bonchev–Trinajstić information content (AvgIpc) is 2.97. The van der Waals surface area contributed by atoms with Gasteiger partial charge in [-0.3, -0.25) is 10.1 Å². The summed E-state index contributed by atoms with van der Waals surface area (Å²) < 4.78 is 1.69. The lowest BCUT2D eigenvalue weighted by Crippen LogP contribution is -2.51. The van der Waals surface area contributed by atoms with Crippen LogP contribution in [0.5, 0.6) is 0 Å². The zero-order chi connectivity index (χ0) is 19.6. The third kappa shape index (κ3) is 4.25. The Labute approximate surface area is 153 Å². The van der Waals surface area contributed by atoms with E-state index in [9.17, 15) is 14.9 Å². The second-order valence-electron chi connectivity index (χ2n) is 8.27. The number of piperidine rings is 1. The van der Waals surface area contributed by atoms with Crippen LogP contribution in [0.15, 0.2) is 6.20 Å². The second kappa shape index (κ2) is 7.51. The highest BCUT2D eigenvalue weighted by molar-refractivity contribution is 5.65. The topological polar surface area (TPSA) is 114 Å². The van der Waals surface area contributed by atoms with Gasteiger partial charge in [0, 0.05) is 25.2 Å². The zero-order valence-corrected chi connectivity index (χ0v) is 16.1. The molecule has 1 unspecified atom stereocenters. The van der Waals surface area contributed by atoms with Gasteiger partial charge in [-0.15, -0.1) is 0 Å². The number of rotatable bonds is 5. The fourth-order valence-corrected chi connectivity index (χ4v) is 3.78. The fraction of sp³-hybridized carbons (Fsp3) is 0.765. The second-order valence-corrected chi connectivity index (χ2v) is 8.27. The minimum Gasteiger partial charge on any atom is -0.465 e. The number of aromatic nitrogens is 2. The lowest BCUT2D eigenvalue weighted by atomic mass is 9.75. The molecule has 1 saturated heterocycles. The van der Waals surface area contributed by atoms with Crippen molar-refractivity contribution in [2.24, 2.45) is 11.3 Å². The lowest BCUT2D eigenvalue weighted by Gasteiger charge is -2.42. The maximum absolute atomic E-state index is 11.4. The van der Waals surface area contributed by atoms with Gasteiger partial charge in [0.15, 0.2) is 0 Å². The van der Waals surface area contributed by atoms with Crippen LogP contribution in [0.3, 0.4) is 0 Å². The monoisotopic (exact) mass is 367 g/mol. The van der Waals surface area contributed by atoms with Crippen LogP contribution >= 0.6 is 0 Å². The first kappa shape index (κ1) is 20.0. The highest BCUT2D eigenvalue weighted by atomic mass is 16.6. The Hall–Kier alpha value is -2.32. The summed E-state index contributed by atoms with van der Waals surface area (Å²) >= 11 is 0. The van der Waals surface area contributed by atoms with E-state index in [1.54, 1.807) is 4.68 Å². The normalized spacial score (nSPS) is 17.4. The standard InChI is InChI=1S/C17H29N5O4/c1-11(2)21-15(13(10-18-21)22(25)26)20-8-6-12(7-9-20)14(17(3,4)5)19-16(23)24/h10-12,14,19H,6-9H2,1-5H3,(H,23,24). The number of nitro groups is 1. The number of hydrogen-bond acceptors (Lipinski definition) is 5. The van der Waals surface area contributed by atoms with Gasteiger partial charge in [-0.2, -0.15) is 5.10 Å². The zero-order valence-electron chi connectivity index (χ0n) is 16.1. The molecule has 0 spiro atoms. The van der Waals surface area contributed by atoms with Gasteiger partial charge >= 0.3 is 11.8 Å². The van der Waals surface area contributed by atoms with Gasteiger partial charge in [-0.25, -0.2) is 9.48 Å². The smallest absolute Gasteiger partial charge is 0.404 e. The first-order chi connectivity index (χ1) is 12.0. The van der Waals surface area contributed by atoms with Crippen LogP contribution in [0.1, 0.15) is 53.5 Å². The molecule has 146 valence electrons. The summed E-state index contributed by atoms with van der Waals surface area (Å²) in [5.41, 5.74) is -0.176. The van der Waals surface area contributed by atoms with Crippen LogP contribution in [0.4, 0.5) is 16.3 Å². The first-order valence-corrected chi connectivity index (χ1v) is 8.98. The molecule has 2 N–H and O–H groups in total. The molecule has 0 aliphatic carbocycles. The van der Waals surface area contributed by atoms with E-state index in [1.165, 1.54) is 6.20 Å². The Balaban J connectivity index is 2.19. The molecule has 0 radical (unpaired) electrons. The number of carboxylic acid groups (broad SMARTS) is 1. The molecule has 26 heavy (non-hydrogen) atoms. The summed E-state index contributed by atoms with van der Waals surface area (Å²) in [6.07, 6.45) is 1.83. The van der Waals surface area contributed by atoms with Gasteiger partial charge in [-0.1, -0.05) is 20.8 Å². The van der Waals surface area contributed by atoms with E-state index in [-0.39, 0.29) is 29.1 Å². The summed E-state index contributed by atoms with van der Waals surface area (Å²) in [5, 5.41) is 27.4. The molecule has 1 aromatic rings. The highest BCUT2D eigenvalue weighted by Gasteiger charge is 2.37. The first-order valence-electron chi connectivity index (χ1n) is 8.98. The number of hydrogen-bond donors (Lipinski definition) is 2. The maximum Gasteiger partial charge on any atom is 0.404 e. The largest absolute Gasteiger partial charge is 0.465 e. The molecule has 9 nitrogen and oxygen atoms in total. The summed E-state index contributed by atoms with van der Waals surface area (Å²) in [6, 6.07) is -0.139. The van der Waals surface area contributed by atoms with E-state index in [2.05, 4.69) is 10.4 Å². The van der Waals surface area contributed by atoms with Gasteiger partial charge in [-0.05, 0) is 38.0 Å². The molecule has 1 aliphatic rings. The quantitative estimate of drug-likeness (QED) is 0.610. The molecule has 1 atom stereocenters. The Morgan fingerprint density at radius 3 is 2.38 bits per heavy atom. The predicted octanol–water partition coefficient (Wildman–Crippen LogP) is 3.27. The molecule has 2 rings (SSSR count). The molecule has 0 bridgehead atoms. The van der Waals surface area contributed by atoms with Crippen LogP contribution in [0.25, 0.3) is 0 Å². The number of nitrogens with zero attached hydrogens (tertiary/aromatic N) is 4. The molecule has 1 amide bonds. The number of anilines is 1. The Morgan fingerprint density at radius 1 is 1.38 bits per heavy atom. The van der Waals surface area contributed by atoms with Crippen molar-refractivity contribution in [2.75, 3.05) is 18.0 Å². The number of amides is 1. The third-order valence-corrected chi connectivity index (χ3v) is 4.96.